The van der Waals surface area contributed by atoms with Crippen molar-refractivity contribution in [3.8, 4) is 0 Å². The lowest BCUT2D eigenvalue weighted by atomic mass is 10.1. The summed E-state index contributed by atoms with van der Waals surface area (Å²) in [5.41, 5.74) is -0.555. The SMILES string of the molecule is C=C(C(=C)C(=O)OC(O)CC)C(=O)OCC(O)CC. The first-order valence-electron chi connectivity index (χ1n) is 5.95. The van der Waals surface area contributed by atoms with E-state index in [9.17, 15) is 14.7 Å². The second-order valence-corrected chi connectivity index (χ2v) is 3.89. The van der Waals surface area contributed by atoms with Crippen molar-refractivity contribution in [2.75, 3.05) is 6.61 Å². The van der Waals surface area contributed by atoms with Gasteiger partial charge >= 0.3 is 11.9 Å². The third kappa shape index (κ3) is 6.17. The van der Waals surface area contributed by atoms with Crippen molar-refractivity contribution >= 4 is 11.9 Å². The van der Waals surface area contributed by atoms with Gasteiger partial charge in [-0.25, -0.2) is 9.59 Å². The average Bonchev–Trinajstić information content (AvgIpc) is 2.41. The molecule has 6 heteroatoms. The van der Waals surface area contributed by atoms with Gasteiger partial charge < -0.3 is 19.7 Å². The Hall–Kier alpha value is -1.66. The van der Waals surface area contributed by atoms with Crippen LogP contribution in [0, 0.1) is 0 Å². The van der Waals surface area contributed by atoms with Gasteiger partial charge in [-0.2, -0.15) is 0 Å². The fraction of sp³-hybridized carbons (Fsp3) is 0.538. The molecule has 0 aliphatic heterocycles. The third-order valence-corrected chi connectivity index (χ3v) is 2.33. The molecule has 0 aromatic carbocycles. The molecule has 0 aliphatic rings. The van der Waals surface area contributed by atoms with Crippen molar-refractivity contribution < 1.29 is 29.3 Å². The van der Waals surface area contributed by atoms with Gasteiger partial charge in [-0.3, -0.25) is 0 Å². The minimum absolute atomic E-state index is 0.186. The Labute approximate surface area is 112 Å². The molecular formula is C13H20O6. The highest BCUT2D eigenvalue weighted by Gasteiger charge is 2.21. The van der Waals surface area contributed by atoms with E-state index in [2.05, 4.69) is 17.9 Å². The maximum Gasteiger partial charge on any atom is 0.340 e. The minimum atomic E-state index is -1.25. The van der Waals surface area contributed by atoms with Crippen molar-refractivity contribution in [3.05, 3.63) is 24.3 Å². The van der Waals surface area contributed by atoms with Crippen LogP contribution in [-0.2, 0) is 19.1 Å². The lowest BCUT2D eigenvalue weighted by Crippen LogP contribution is -2.23. The first kappa shape index (κ1) is 17.3. The standard InChI is InChI=1S/C13H20O6/c1-5-10(14)7-18-12(16)8(3)9(4)13(17)19-11(15)6-2/h10-11,14-15H,3-7H2,1-2H3. The Bertz CT molecular complexity index is 360. The molecule has 0 radical (unpaired) electrons. The van der Waals surface area contributed by atoms with Gasteiger partial charge in [-0.15, -0.1) is 0 Å². The van der Waals surface area contributed by atoms with Gasteiger partial charge in [-0.1, -0.05) is 27.0 Å². The summed E-state index contributed by atoms with van der Waals surface area (Å²) in [4.78, 5) is 23.0. The van der Waals surface area contributed by atoms with Gasteiger partial charge in [0.15, 0.2) is 0 Å². The predicted octanol–water partition coefficient (Wildman–Crippen LogP) is 0.684. The Balaban J connectivity index is 4.36. The van der Waals surface area contributed by atoms with Crippen LogP contribution in [0.15, 0.2) is 24.3 Å². The van der Waals surface area contributed by atoms with Crippen LogP contribution in [0.4, 0.5) is 0 Å². The molecule has 0 saturated heterocycles. The fourth-order valence-corrected chi connectivity index (χ4v) is 0.901. The number of carbonyl (C=O) groups excluding carboxylic acids is 2. The summed E-state index contributed by atoms with van der Waals surface area (Å²) >= 11 is 0. The van der Waals surface area contributed by atoms with Crippen LogP contribution in [0.5, 0.6) is 0 Å². The second kappa shape index (κ2) is 8.44. The summed E-state index contributed by atoms with van der Waals surface area (Å²) in [6.07, 6.45) is -1.36. The topological polar surface area (TPSA) is 93.1 Å². The Kier molecular flexibility index (Phi) is 7.71. The zero-order valence-corrected chi connectivity index (χ0v) is 11.2. The lowest BCUT2D eigenvalue weighted by Gasteiger charge is -2.13. The van der Waals surface area contributed by atoms with Crippen molar-refractivity contribution in [3.63, 3.8) is 0 Å². The van der Waals surface area contributed by atoms with E-state index >= 15 is 0 Å². The number of hydrogen-bond acceptors (Lipinski definition) is 6. The summed E-state index contributed by atoms with van der Waals surface area (Å²) in [5, 5.41) is 18.4. The molecule has 2 N–H and O–H groups in total. The number of hydrogen-bond donors (Lipinski definition) is 2. The molecule has 0 amide bonds. The van der Waals surface area contributed by atoms with E-state index in [0.29, 0.717) is 6.42 Å². The predicted molar refractivity (Wildman–Crippen MR) is 67.9 cm³/mol. The molecule has 0 rings (SSSR count). The van der Waals surface area contributed by atoms with Crippen LogP contribution < -0.4 is 0 Å². The van der Waals surface area contributed by atoms with Gasteiger partial charge in [0, 0.05) is 6.42 Å². The van der Waals surface area contributed by atoms with Crippen LogP contribution in [0.3, 0.4) is 0 Å². The van der Waals surface area contributed by atoms with Crippen molar-refractivity contribution in [1.82, 2.24) is 0 Å². The van der Waals surface area contributed by atoms with E-state index in [4.69, 9.17) is 9.84 Å². The fourth-order valence-electron chi connectivity index (χ4n) is 0.901. The van der Waals surface area contributed by atoms with Gasteiger partial charge in [0.2, 0.25) is 6.29 Å². The minimum Gasteiger partial charge on any atom is -0.459 e. The largest absolute Gasteiger partial charge is 0.459 e. The number of aliphatic hydroxyl groups excluding tert-OH is 2. The lowest BCUT2D eigenvalue weighted by molar-refractivity contribution is -0.163. The zero-order chi connectivity index (χ0) is 15.0. The smallest absolute Gasteiger partial charge is 0.340 e. The molecule has 108 valence electrons. The molecule has 0 aromatic heterocycles. The molecule has 19 heavy (non-hydrogen) atoms. The molecule has 0 fully saturated rings. The van der Waals surface area contributed by atoms with Crippen LogP contribution in [-0.4, -0.2) is 41.2 Å². The normalized spacial score (nSPS) is 13.3. The second-order valence-electron chi connectivity index (χ2n) is 3.89. The van der Waals surface area contributed by atoms with Crippen LogP contribution in [0.1, 0.15) is 26.7 Å². The molecule has 0 aliphatic carbocycles. The van der Waals surface area contributed by atoms with Crippen molar-refractivity contribution in [2.45, 2.75) is 39.1 Å². The summed E-state index contributed by atoms with van der Waals surface area (Å²) in [7, 11) is 0. The number of ether oxygens (including phenoxy) is 2. The monoisotopic (exact) mass is 272 g/mol. The molecule has 0 aromatic rings. The van der Waals surface area contributed by atoms with E-state index in [1.165, 1.54) is 0 Å². The van der Waals surface area contributed by atoms with Gasteiger partial charge in [0.1, 0.15) is 6.61 Å². The number of esters is 2. The number of aliphatic hydroxyl groups is 2. The quantitative estimate of drug-likeness (QED) is 0.292. The highest BCUT2D eigenvalue weighted by Crippen LogP contribution is 2.11. The first-order chi connectivity index (χ1) is 8.83. The van der Waals surface area contributed by atoms with Crippen molar-refractivity contribution in [1.29, 1.82) is 0 Å². The van der Waals surface area contributed by atoms with Gasteiger partial charge in [0.05, 0.1) is 17.3 Å². The van der Waals surface area contributed by atoms with E-state index in [-0.39, 0.29) is 24.2 Å². The maximum absolute atomic E-state index is 11.5. The molecule has 0 bridgehead atoms. The Morgan fingerprint density at radius 2 is 1.58 bits per heavy atom. The number of rotatable bonds is 8. The van der Waals surface area contributed by atoms with Gasteiger partial charge in [0.25, 0.3) is 0 Å². The summed E-state index contributed by atoms with van der Waals surface area (Å²) in [6, 6.07) is 0. The molecule has 6 nitrogen and oxygen atoms in total. The van der Waals surface area contributed by atoms with Crippen LogP contribution in [0.2, 0.25) is 0 Å². The highest BCUT2D eigenvalue weighted by atomic mass is 16.6. The van der Waals surface area contributed by atoms with Gasteiger partial charge in [-0.05, 0) is 6.42 Å². The van der Waals surface area contributed by atoms with Crippen LogP contribution >= 0.6 is 0 Å². The highest BCUT2D eigenvalue weighted by molar-refractivity contribution is 6.06. The zero-order valence-electron chi connectivity index (χ0n) is 11.2. The Morgan fingerprint density at radius 3 is 2.05 bits per heavy atom. The van der Waals surface area contributed by atoms with E-state index in [1.807, 2.05) is 0 Å². The summed E-state index contributed by atoms with van der Waals surface area (Å²) in [6.45, 7) is 9.90. The maximum atomic E-state index is 11.5. The summed E-state index contributed by atoms with van der Waals surface area (Å²) in [5.74, 6) is -1.80. The molecular weight excluding hydrogens is 252 g/mol. The van der Waals surface area contributed by atoms with E-state index in [0.717, 1.165) is 0 Å². The molecule has 0 saturated carbocycles. The molecule has 0 heterocycles. The molecule has 2 unspecified atom stereocenters. The Morgan fingerprint density at radius 1 is 1.05 bits per heavy atom. The molecule has 0 spiro atoms. The first-order valence-corrected chi connectivity index (χ1v) is 5.95. The summed E-state index contributed by atoms with van der Waals surface area (Å²) < 4.78 is 9.32. The number of carbonyl (C=O) groups is 2. The van der Waals surface area contributed by atoms with Crippen molar-refractivity contribution in [2.24, 2.45) is 0 Å². The van der Waals surface area contributed by atoms with E-state index < -0.39 is 24.3 Å². The molecule has 2 atom stereocenters. The van der Waals surface area contributed by atoms with Crippen LogP contribution in [0.25, 0.3) is 0 Å². The van der Waals surface area contributed by atoms with E-state index in [1.54, 1.807) is 13.8 Å². The average molecular weight is 272 g/mol. The third-order valence-electron chi connectivity index (χ3n) is 2.33.